The Morgan fingerprint density at radius 3 is 2.62 bits per heavy atom. The quantitative estimate of drug-likeness (QED) is 0.172. The normalized spacial score (nSPS) is 11.4. The molecule has 0 bridgehead atoms. The Morgan fingerprint density at radius 1 is 1.50 bits per heavy atom. The van der Waals surface area contributed by atoms with E-state index in [0.717, 1.165) is 25.7 Å². The fourth-order valence-electron chi connectivity index (χ4n) is 1.30. The van der Waals surface area contributed by atoms with Gasteiger partial charge in [-0.05, 0) is 18.2 Å². The molecule has 0 spiro atoms. The summed E-state index contributed by atoms with van der Waals surface area (Å²) in [5.74, 6) is 1.35. The molecule has 1 unspecified atom stereocenters. The minimum atomic E-state index is -0.750. The molecule has 0 aromatic carbocycles. The second-order valence-corrected chi connectivity index (χ2v) is 3.67. The predicted molar refractivity (Wildman–Crippen MR) is 61.6 cm³/mol. The van der Waals surface area contributed by atoms with Gasteiger partial charge in [-0.1, -0.05) is 33.1 Å². The highest BCUT2D eigenvalue weighted by atomic mass is 16.5. The second kappa shape index (κ2) is 8.86. The van der Waals surface area contributed by atoms with Crippen LogP contribution in [0.25, 0.3) is 0 Å². The Balaban J connectivity index is 4.06. The summed E-state index contributed by atoms with van der Waals surface area (Å²) in [5.41, 5.74) is -0.356. The third-order valence-electron chi connectivity index (χ3n) is 2.47. The highest BCUT2D eigenvalue weighted by Gasteiger charge is 2.13. The molecule has 0 aliphatic carbocycles. The van der Waals surface area contributed by atoms with E-state index in [4.69, 9.17) is 10.1 Å². The van der Waals surface area contributed by atoms with Crippen molar-refractivity contribution in [3.63, 3.8) is 0 Å². The highest BCUT2D eigenvalue weighted by molar-refractivity contribution is 6.14. The molecule has 0 aliphatic rings. The van der Waals surface area contributed by atoms with E-state index in [2.05, 4.69) is 6.92 Å². The van der Waals surface area contributed by atoms with Gasteiger partial charge in [-0.2, -0.15) is 0 Å². The number of carbonyl (C=O) groups excluding carboxylic acids is 2. The predicted octanol–water partition coefficient (Wildman–Crippen LogP) is 2.12. The summed E-state index contributed by atoms with van der Waals surface area (Å²) in [4.78, 5) is 21.6. The van der Waals surface area contributed by atoms with Crippen molar-refractivity contribution in [2.45, 2.75) is 39.5 Å². The zero-order valence-electron chi connectivity index (χ0n) is 9.91. The monoisotopic (exact) mass is 225 g/mol. The van der Waals surface area contributed by atoms with E-state index in [9.17, 15) is 9.59 Å². The molecule has 0 aliphatic heterocycles. The molecule has 0 radical (unpaired) electrons. The molecule has 0 amide bonds. The fraction of sp³-hybridized carbons (Fsp3) is 0.667. The van der Waals surface area contributed by atoms with Crippen LogP contribution >= 0.6 is 0 Å². The van der Waals surface area contributed by atoms with E-state index >= 15 is 0 Å². The van der Waals surface area contributed by atoms with Crippen LogP contribution in [0.4, 0.5) is 0 Å². The van der Waals surface area contributed by atoms with E-state index in [1.165, 1.54) is 0 Å². The molecule has 0 rings (SSSR count). The number of esters is 1. The van der Waals surface area contributed by atoms with Crippen LogP contribution in [0.15, 0.2) is 5.57 Å². The molecule has 90 valence electrons. The molecule has 0 saturated heterocycles. The number of nitrogens with one attached hydrogen (secondary N) is 1. The highest BCUT2D eigenvalue weighted by Crippen LogP contribution is 2.13. The van der Waals surface area contributed by atoms with Crippen LogP contribution in [0.2, 0.25) is 0 Å². The van der Waals surface area contributed by atoms with Gasteiger partial charge in [0.1, 0.15) is 0 Å². The van der Waals surface area contributed by atoms with Gasteiger partial charge in [-0.3, -0.25) is 10.2 Å². The molecule has 1 N–H and O–H groups in total. The molecular formula is C12H19NO3. The summed E-state index contributed by atoms with van der Waals surface area (Å²) in [7, 11) is 0. The lowest BCUT2D eigenvalue weighted by molar-refractivity contribution is -0.140. The van der Waals surface area contributed by atoms with Crippen molar-refractivity contribution in [3.8, 4) is 0 Å². The van der Waals surface area contributed by atoms with Gasteiger partial charge in [-0.25, -0.2) is 4.79 Å². The van der Waals surface area contributed by atoms with Crippen molar-refractivity contribution >= 4 is 18.1 Å². The zero-order valence-corrected chi connectivity index (χ0v) is 9.91. The van der Waals surface area contributed by atoms with Crippen molar-refractivity contribution in [1.82, 2.24) is 0 Å². The van der Waals surface area contributed by atoms with Gasteiger partial charge in [0.05, 0.1) is 6.61 Å². The zero-order chi connectivity index (χ0) is 12.4. The second-order valence-electron chi connectivity index (χ2n) is 3.67. The van der Waals surface area contributed by atoms with Crippen molar-refractivity contribution in [3.05, 3.63) is 5.57 Å². The van der Waals surface area contributed by atoms with Gasteiger partial charge < -0.3 is 4.74 Å². The Kier molecular flexibility index (Phi) is 8.08. The van der Waals surface area contributed by atoms with Crippen LogP contribution in [-0.4, -0.2) is 24.7 Å². The summed E-state index contributed by atoms with van der Waals surface area (Å²) in [6.07, 6.45) is 4.48. The lowest BCUT2D eigenvalue weighted by atomic mass is 10.0. The van der Waals surface area contributed by atoms with Gasteiger partial charge in [0.2, 0.25) is 0 Å². The van der Waals surface area contributed by atoms with Gasteiger partial charge in [0, 0.05) is 0 Å². The van der Waals surface area contributed by atoms with Gasteiger partial charge >= 0.3 is 5.97 Å². The Morgan fingerprint density at radius 2 is 2.19 bits per heavy atom. The first-order chi connectivity index (χ1) is 7.69. The van der Waals surface area contributed by atoms with Crippen molar-refractivity contribution in [2.24, 2.45) is 5.92 Å². The number of unbranched alkanes of at least 4 members (excludes halogenated alkanes) is 1. The van der Waals surface area contributed by atoms with Crippen LogP contribution in [0.1, 0.15) is 39.5 Å². The minimum absolute atomic E-state index is 0.294. The standard InChI is InChI=1S/C12H19NO3/c1-3-5-6-10(4-2)9-16-12(15)11(7-13)8-14/h8,10,13H,3-6,9H2,1-2H3. The SMILES string of the molecule is CCCCC(CC)COC(=O)C(=C=N)C=O. The summed E-state index contributed by atoms with van der Waals surface area (Å²) in [6, 6.07) is 0. The molecule has 1 atom stereocenters. The van der Waals surface area contributed by atoms with Gasteiger partial charge in [0.15, 0.2) is 11.9 Å². The first-order valence-electron chi connectivity index (χ1n) is 5.61. The van der Waals surface area contributed by atoms with E-state index in [1.807, 2.05) is 6.92 Å². The number of aldehydes is 1. The number of ether oxygens (including phenoxy) is 1. The lowest BCUT2D eigenvalue weighted by Gasteiger charge is -2.13. The molecular weight excluding hydrogens is 206 g/mol. The van der Waals surface area contributed by atoms with Crippen molar-refractivity contribution < 1.29 is 14.3 Å². The van der Waals surface area contributed by atoms with Crippen LogP contribution in [0.3, 0.4) is 0 Å². The Hall–Kier alpha value is -1.41. The van der Waals surface area contributed by atoms with Crippen molar-refractivity contribution in [2.75, 3.05) is 6.61 Å². The van der Waals surface area contributed by atoms with E-state index in [1.54, 1.807) is 5.87 Å². The molecule has 0 saturated carbocycles. The van der Waals surface area contributed by atoms with Crippen LogP contribution in [0.5, 0.6) is 0 Å². The van der Waals surface area contributed by atoms with Crippen molar-refractivity contribution in [1.29, 1.82) is 5.41 Å². The third-order valence-corrected chi connectivity index (χ3v) is 2.47. The van der Waals surface area contributed by atoms with E-state index in [0.29, 0.717) is 18.8 Å². The lowest BCUT2D eigenvalue weighted by Crippen LogP contribution is -2.16. The maximum atomic E-state index is 11.2. The number of rotatable bonds is 8. The summed E-state index contributed by atoms with van der Waals surface area (Å²) in [6.45, 7) is 4.47. The molecule has 4 nitrogen and oxygen atoms in total. The van der Waals surface area contributed by atoms with Crippen LogP contribution in [0, 0.1) is 11.3 Å². The van der Waals surface area contributed by atoms with Gasteiger partial charge in [-0.15, -0.1) is 0 Å². The maximum absolute atomic E-state index is 11.2. The first kappa shape index (κ1) is 14.6. The topological polar surface area (TPSA) is 67.2 Å². The average Bonchev–Trinajstić information content (AvgIpc) is 2.31. The Bertz CT molecular complexity index is 280. The van der Waals surface area contributed by atoms with Crippen LogP contribution < -0.4 is 0 Å². The smallest absolute Gasteiger partial charge is 0.351 e. The average molecular weight is 225 g/mol. The molecule has 0 fully saturated rings. The maximum Gasteiger partial charge on any atom is 0.351 e. The number of hydrogen-bond donors (Lipinski definition) is 1. The molecule has 0 aromatic rings. The Labute approximate surface area is 96.2 Å². The van der Waals surface area contributed by atoms with E-state index < -0.39 is 5.97 Å². The number of carbonyl (C=O) groups is 2. The molecule has 16 heavy (non-hydrogen) atoms. The molecule has 0 aromatic heterocycles. The number of hydrogen-bond acceptors (Lipinski definition) is 4. The summed E-state index contributed by atoms with van der Waals surface area (Å²) >= 11 is 0. The molecule has 0 heterocycles. The van der Waals surface area contributed by atoms with Crippen LogP contribution in [-0.2, 0) is 14.3 Å². The minimum Gasteiger partial charge on any atom is -0.461 e. The summed E-state index contributed by atoms with van der Waals surface area (Å²) < 4.78 is 4.95. The van der Waals surface area contributed by atoms with Gasteiger partial charge in [0.25, 0.3) is 0 Å². The fourth-order valence-corrected chi connectivity index (χ4v) is 1.30. The molecule has 4 heteroatoms. The largest absolute Gasteiger partial charge is 0.461 e. The van der Waals surface area contributed by atoms with E-state index in [-0.39, 0.29) is 5.57 Å². The third kappa shape index (κ3) is 5.47. The summed E-state index contributed by atoms with van der Waals surface area (Å²) in [5, 5.41) is 6.71. The first-order valence-corrected chi connectivity index (χ1v) is 5.61.